The number of hydrogen-bond donors (Lipinski definition) is 0. The summed E-state index contributed by atoms with van der Waals surface area (Å²) in [5.41, 5.74) is 0. The Morgan fingerprint density at radius 2 is 1.20 bits per heavy atom. The van der Waals surface area contributed by atoms with E-state index in [1.807, 2.05) is 0 Å². The molecule has 0 amide bonds. The molecule has 0 radical (unpaired) electrons. The second kappa shape index (κ2) is 16.1. The number of ether oxygens (including phenoxy) is 2. The monoisotopic (exact) mass is 230 g/mol. The van der Waals surface area contributed by atoms with E-state index in [0.29, 0.717) is 0 Å². The van der Waals surface area contributed by atoms with Gasteiger partial charge in [0.15, 0.2) is 0 Å². The van der Waals surface area contributed by atoms with E-state index in [0.717, 1.165) is 0 Å². The van der Waals surface area contributed by atoms with Gasteiger partial charge >= 0.3 is 23.1 Å². The Kier molecular flexibility index (Phi) is 21.5. The number of aliphatic carboxylic acids is 2. The van der Waals surface area contributed by atoms with Crippen molar-refractivity contribution in [1.29, 1.82) is 0 Å². The summed E-state index contributed by atoms with van der Waals surface area (Å²) in [6.45, 7) is 0.477. The van der Waals surface area contributed by atoms with E-state index in [4.69, 9.17) is 0 Å². The maximum Gasteiger partial charge on any atom is 2.00 e. The molecule has 0 rings (SSSR count). The maximum absolute atomic E-state index is 9.57. The van der Waals surface area contributed by atoms with E-state index in [1.54, 1.807) is 0 Å². The molecule has 15 heavy (non-hydrogen) atoms. The van der Waals surface area contributed by atoms with Gasteiger partial charge < -0.3 is 29.3 Å². The molecule has 0 saturated heterocycles. The van der Waals surface area contributed by atoms with Crippen molar-refractivity contribution < 1.29 is 29.3 Å². The standard InChI is InChI=1S/2C4H8O3.Mg/c2*1-7-3-2-4(5)6;/h2*2-3H2,1H3,(H,5,6);/q;;+2/p-2. The van der Waals surface area contributed by atoms with Gasteiger partial charge in [-0.25, -0.2) is 0 Å². The zero-order chi connectivity index (χ0) is 11.4. The van der Waals surface area contributed by atoms with E-state index >= 15 is 0 Å². The Balaban J connectivity index is -0.000000180. The number of methoxy groups -OCH3 is 2. The van der Waals surface area contributed by atoms with Crippen LogP contribution in [0, 0.1) is 0 Å². The van der Waals surface area contributed by atoms with Crippen molar-refractivity contribution >= 4 is 35.0 Å². The molecule has 0 aliphatic heterocycles. The summed E-state index contributed by atoms with van der Waals surface area (Å²) < 4.78 is 8.86. The fourth-order valence-electron chi connectivity index (χ4n) is 0.371. The Labute approximate surface area is 105 Å². The van der Waals surface area contributed by atoms with Crippen molar-refractivity contribution in [2.75, 3.05) is 27.4 Å². The van der Waals surface area contributed by atoms with Crippen molar-refractivity contribution in [2.45, 2.75) is 12.8 Å². The summed E-state index contributed by atoms with van der Waals surface area (Å²) in [4.78, 5) is 19.1. The zero-order valence-electron chi connectivity index (χ0n) is 8.99. The molecule has 0 atom stereocenters. The molecule has 84 valence electrons. The Morgan fingerprint density at radius 1 is 0.933 bits per heavy atom. The molecule has 0 heterocycles. The van der Waals surface area contributed by atoms with Crippen LogP contribution in [-0.4, -0.2) is 62.4 Å². The first-order valence-corrected chi connectivity index (χ1v) is 3.92. The largest absolute Gasteiger partial charge is 2.00 e. The van der Waals surface area contributed by atoms with Crippen LogP contribution in [0.3, 0.4) is 0 Å². The molecule has 0 spiro atoms. The van der Waals surface area contributed by atoms with Crippen LogP contribution in [0.1, 0.15) is 12.8 Å². The summed E-state index contributed by atoms with van der Waals surface area (Å²) in [5.74, 6) is -2.14. The summed E-state index contributed by atoms with van der Waals surface area (Å²) in [7, 11) is 2.89. The molecule has 0 saturated carbocycles. The van der Waals surface area contributed by atoms with Crippen LogP contribution >= 0.6 is 0 Å². The van der Waals surface area contributed by atoms with E-state index in [1.165, 1.54) is 14.2 Å². The topological polar surface area (TPSA) is 98.7 Å². The molecular formula is C8H14MgO6. The second-order valence-electron chi connectivity index (χ2n) is 2.23. The number of carbonyl (C=O) groups is 2. The first-order valence-electron chi connectivity index (χ1n) is 3.92. The van der Waals surface area contributed by atoms with Crippen molar-refractivity contribution in [3.63, 3.8) is 0 Å². The number of carboxylic acid groups (broad SMARTS) is 2. The van der Waals surface area contributed by atoms with Crippen LogP contribution in [0.4, 0.5) is 0 Å². The van der Waals surface area contributed by atoms with Crippen molar-refractivity contribution in [1.82, 2.24) is 0 Å². The molecule has 0 bridgehead atoms. The maximum atomic E-state index is 9.57. The zero-order valence-corrected chi connectivity index (χ0v) is 10.4. The quantitative estimate of drug-likeness (QED) is 0.456. The second-order valence-corrected chi connectivity index (χ2v) is 2.23. The van der Waals surface area contributed by atoms with Crippen LogP contribution in [0.15, 0.2) is 0 Å². The molecule has 0 aromatic carbocycles. The van der Waals surface area contributed by atoms with Crippen molar-refractivity contribution in [3.8, 4) is 0 Å². The fourth-order valence-corrected chi connectivity index (χ4v) is 0.371. The van der Waals surface area contributed by atoms with Gasteiger partial charge in [0, 0.05) is 39.0 Å². The number of hydrogen-bond acceptors (Lipinski definition) is 6. The van der Waals surface area contributed by atoms with Gasteiger partial charge in [-0.1, -0.05) is 0 Å². The van der Waals surface area contributed by atoms with Crippen molar-refractivity contribution in [3.05, 3.63) is 0 Å². The van der Waals surface area contributed by atoms with Crippen molar-refractivity contribution in [2.24, 2.45) is 0 Å². The van der Waals surface area contributed by atoms with Crippen LogP contribution in [-0.2, 0) is 19.1 Å². The van der Waals surface area contributed by atoms with Gasteiger partial charge in [-0.3, -0.25) is 0 Å². The van der Waals surface area contributed by atoms with Gasteiger partial charge in [-0.15, -0.1) is 0 Å². The Bertz CT molecular complexity index is 143. The van der Waals surface area contributed by atoms with E-state index in [2.05, 4.69) is 9.47 Å². The fraction of sp³-hybridized carbons (Fsp3) is 0.750. The van der Waals surface area contributed by atoms with Crippen LogP contribution in [0.2, 0.25) is 0 Å². The van der Waals surface area contributed by atoms with Gasteiger partial charge in [0.05, 0.1) is 13.2 Å². The third-order valence-corrected chi connectivity index (χ3v) is 1.02. The number of carbonyl (C=O) groups excluding carboxylic acids is 2. The summed E-state index contributed by atoms with van der Waals surface area (Å²) >= 11 is 0. The SMILES string of the molecule is COCCC(=O)[O-].COCCC(=O)[O-].[Mg+2]. The van der Waals surface area contributed by atoms with E-state index in [-0.39, 0.29) is 49.1 Å². The summed E-state index contributed by atoms with van der Waals surface area (Å²) in [6, 6.07) is 0. The average molecular weight is 230 g/mol. The molecule has 0 aromatic heterocycles. The molecule has 0 aliphatic carbocycles. The molecule has 0 unspecified atom stereocenters. The van der Waals surface area contributed by atoms with Crippen LogP contribution < -0.4 is 10.2 Å². The normalized spacial score (nSPS) is 8.13. The van der Waals surface area contributed by atoms with E-state index in [9.17, 15) is 19.8 Å². The average Bonchev–Trinajstić information content (AvgIpc) is 2.12. The van der Waals surface area contributed by atoms with Gasteiger partial charge in [0.2, 0.25) is 0 Å². The predicted octanol–water partition coefficient (Wildman–Crippen LogP) is -2.84. The molecular weight excluding hydrogens is 216 g/mol. The third kappa shape index (κ3) is 31.7. The van der Waals surface area contributed by atoms with Gasteiger partial charge in [-0.2, -0.15) is 0 Å². The summed E-state index contributed by atoms with van der Waals surface area (Å²) in [6.07, 6.45) is -0.0347. The van der Waals surface area contributed by atoms with Gasteiger partial charge in [-0.05, 0) is 0 Å². The molecule has 0 aromatic rings. The Morgan fingerprint density at radius 3 is 1.27 bits per heavy atom. The Hall–Kier alpha value is -0.374. The minimum Gasteiger partial charge on any atom is -0.550 e. The third-order valence-electron chi connectivity index (χ3n) is 1.02. The smallest absolute Gasteiger partial charge is 0.550 e. The number of carboxylic acids is 2. The first-order chi connectivity index (χ1) is 6.54. The molecule has 7 heteroatoms. The molecule has 0 aliphatic rings. The first kappa shape index (κ1) is 20.1. The minimum absolute atomic E-state index is 0. The molecule has 0 N–H and O–H groups in total. The van der Waals surface area contributed by atoms with Crippen LogP contribution in [0.5, 0.6) is 0 Å². The van der Waals surface area contributed by atoms with Gasteiger partial charge in [0.25, 0.3) is 0 Å². The number of rotatable bonds is 6. The molecule has 0 fully saturated rings. The van der Waals surface area contributed by atoms with Crippen LogP contribution in [0.25, 0.3) is 0 Å². The minimum atomic E-state index is -1.07. The van der Waals surface area contributed by atoms with E-state index < -0.39 is 11.9 Å². The molecule has 6 nitrogen and oxygen atoms in total. The summed E-state index contributed by atoms with van der Waals surface area (Å²) in [5, 5.41) is 19.1. The predicted molar refractivity (Wildman–Crippen MR) is 48.8 cm³/mol. The van der Waals surface area contributed by atoms with Gasteiger partial charge in [0.1, 0.15) is 0 Å².